The van der Waals surface area contributed by atoms with Gasteiger partial charge in [0.2, 0.25) is 0 Å². The van der Waals surface area contributed by atoms with Crippen LogP contribution < -0.4 is 5.73 Å². The summed E-state index contributed by atoms with van der Waals surface area (Å²) < 4.78 is 18.3. The van der Waals surface area contributed by atoms with Gasteiger partial charge in [-0.1, -0.05) is 0 Å². The molecule has 2 aliphatic rings. The highest BCUT2D eigenvalue weighted by atomic mass is 19.1. The van der Waals surface area contributed by atoms with E-state index in [1.807, 2.05) is 40.6 Å². The predicted octanol–water partition coefficient (Wildman–Crippen LogP) is 4.38. The highest BCUT2D eigenvalue weighted by Gasteiger charge is 2.26. The lowest BCUT2D eigenvalue weighted by molar-refractivity contribution is 0.0709. The van der Waals surface area contributed by atoms with Crippen molar-refractivity contribution < 1.29 is 9.18 Å². The second-order valence-electron chi connectivity index (χ2n) is 9.63. The van der Waals surface area contributed by atoms with Crippen LogP contribution in [0.2, 0.25) is 0 Å². The van der Waals surface area contributed by atoms with E-state index in [2.05, 4.69) is 10.6 Å². The van der Waals surface area contributed by atoms with E-state index in [9.17, 15) is 9.18 Å². The Kier molecular flexibility index (Phi) is 4.76. The molecule has 33 heavy (non-hydrogen) atoms. The lowest BCUT2D eigenvalue weighted by atomic mass is 10.1. The van der Waals surface area contributed by atoms with Crippen LogP contribution >= 0.6 is 0 Å². The zero-order valence-corrected chi connectivity index (χ0v) is 18.8. The third-order valence-electron chi connectivity index (χ3n) is 7.10. The largest absolute Gasteiger partial charge is 0.339 e. The predicted molar refractivity (Wildman–Crippen MR) is 127 cm³/mol. The van der Waals surface area contributed by atoms with Crippen molar-refractivity contribution in [1.82, 2.24) is 18.9 Å². The van der Waals surface area contributed by atoms with Crippen LogP contribution in [0.3, 0.4) is 0 Å². The van der Waals surface area contributed by atoms with Crippen molar-refractivity contribution in [2.45, 2.75) is 45.2 Å². The van der Waals surface area contributed by atoms with Gasteiger partial charge in [-0.15, -0.1) is 0 Å². The number of piperidine rings is 1. The van der Waals surface area contributed by atoms with Crippen molar-refractivity contribution in [3.63, 3.8) is 0 Å². The average molecular weight is 446 g/mol. The molecule has 1 aromatic carbocycles. The summed E-state index contributed by atoms with van der Waals surface area (Å²) in [5, 5.41) is 1.01. The molecule has 4 aromatic rings. The molecule has 0 radical (unpaired) electrons. The van der Waals surface area contributed by atoms with Gasteiger partial charge < -0.3 is 19.6 Å². The quantitative estimate of drug-likeness (QED) is 0.507. The minimum Gasteiger partial charge on any atom is -0.339 e. The number of hydrogen-bond donors (Lipinski definition) is 1. The molecule has 170 valence electrons. The molecule has 1 aliphatic carbocycles. The van der Waals surface area contributed by atoms with Gasteiger partial charge in [0, 0.05) is 48.5 Å². The van der Waals surface area contributed by atoms with Crippen LogP contribution in [0.5, 0.6) is 0 Å². The smallest absolute Gasteiger partial charge is 0.254 e. The topological polar surface area (TPSA) is 68.6 Å². The molecule has 0 bridgehead atoms. The van der Waals surface area contributed by atoms with Crippen LogP contribution in [-0.2, 0) is 6.54 Å². The molecule has 1 saturated carbocycles. The van der Waals surface area contributed by atoms with Gasteiger partial charge in [-0.3, -0.25) is 4.79 Å². The zero-order chi connectivity index (χ0) is 22.7. The van der Waals surface area contributed by atoms with Gasteiger partial charge in [0.25, 0.3) is 5.91 Å². The molecular formula is C26H28FN5O. The number of pyridine rings is 1. The first-order valence-electron chi connectivity index (χ1n) is 11.8. The van der Waals surface area contributed by atoms with Crippen molar-refractivity contribution >= 4 is 22.5 Å². The Morgan fingerprint density at radius 3 is 2.82 bits per heavy atom. The fourth-order valence-corrected chi connectivity index (χ4v) is 5.10. The monoisotopic (exact) mass is 445 g/mol. The number of carbonyl (C=O) groups excluding carboxylic acids is 1. The SMILES string of the molecule is Cc1c(-c2cc3ccc(F)cc3n2CC2CC2)nc2cc(C(=O)N3CCCC(N)C3)ccn12. The summed E-state index contributed by atoms with van der Waals surface area (Å²) in [5.41, 5.74) is 11.2. The number of likely N-dealkylation sites (tertiary alicyclic amines) is 1. The van der Waals surface area contributed by atoms with E-state index in [1.54, 1.807) is 6.07 Å². The van der Waals surface area contributed by atoms with Crippen molar-refractivity contribution in [1.29, 1.82) is 0 Å². The van der Waals surface area contributed by atoms with Gasteiger partial charge in [0.15, 0.2) is 0 Å². The normalized spacial score (nSPS) is 19.0. The number of carbonyl (C=O) groups is 1. The van der Waals surface area contributed by atoms with E-state index >= 15 is 0 Å². The molecule has 0 spiro atoms. The number of hydrogen-bond acceptors (Lipinski definition) is 3. The van der Waals surface area contributed by atoms with Crippen LogP contribution in [0.4, 0.5) is 4.39 Å². The standard InChI is InChI=1S/C26H28FN5O/c1-16-25(23-11-18-6-7-20(27)13-22(18)32(23)14-17-4-5-17)29-24-12-19(8-10-31(16)24)26(33)30-9-2-3-21(28)15-30/h6-8,10-13,17,21H,2-5,9,14-15,28H2,1H3. The van der Waals surface area contributed by atoms with Crippen LogP contribution in [-0.4, -0.2) is 43.9 Å². The third-order valence-corrected chi connectivity index (χ3v) is 7.10. The van der Waals surface area contributed by atoms with Crippen LogP contribution in [0.25, 0.3) is 27.9 Å². The van der Waals surface area contributed by atoms with E-state index < -0.39 is 0 Å². The molecule has 1 unspecified atom stereocenters. The summed E-state index contributed by atoms with van der Waals surface area (Å²) in [6, 6.07) is 10.8. The summed E-state index contributed by atoms with van der Waals surface area (Å²) >= 11 is 0. The van der Waals surface area contributed by atoms with Crippen LogP contribution in [0.15, 0.2) is 42.6 Å². The van der Waals surface area contributed by atoms with Gasteiger partial charge in [0.05, 0.1) is 11.2 Å². The van der Waals surface area contributed by atoms with Gasteiger partial charge in [0.1, 0.15) is 17.2 Å². The maximum atomic E-state index is 14.0. The molecule has 1 saturated heterocycles. The van der Waals surface area contributed by atoms with Gasteiger partial charge in [-0.25, -0.2) is 9.37 Å². The highest BCUT2D eigenvalue weighted by molar-refractivity contribution is 5.95. The Labute approximate surface area is 191 Å². The van der Waals surface area contributed by atoms with Crippen molar-refractivity contribution in [2.24, 2.45) is 11.7 Å². The average Bonchev–Trinajstić information content (AvgIpc) is 3.49. The van der Waals surface area contributed by atoms with Gasteiger partial charge in [-0.05, 0) is 74.9 Å². The molecule has 1 aliphatic heterocycles. The summed E-state index contributed by atoms with van der Waals surface area (Å²) in [6.45, 7) is 4.25. The molecule has 2 fully saturated rings. The lowest BCUT2D eigenvalue weighted by Gasteiger charge is -2.30. The number of fused-ring (bicyclic) bond motifs is 2. The Hall–Kier alpha value is -3.19. The van der Waals surface area contributed by atoms with E-state index in [1.165, 1.54) is 18.9 Å². The molecular weight excluding hydrogens is 417 g/mol. The van der Waals surface area contributed by atoms with Crippen LogP contribution in [0, 0.1) is 18.7 Å². The third kappa shape index (κ3) is 3.60. The van der Waals surface area contributed by atoms with E-state index in [0.717, 1.165) is 59.6 Å². The molecule has 1 atom stereocenters. The summed E-state index contributed by atoms with van der Waals surface area (Å²) in [7, 11) is 0. The Balaban J connectivity index is 1.43. The highest BCUT2D eigenvalue weighted by Crippen LogP contribution is 2.37. The molecule has 6 nitrogen and oxygen atoms in total. The second kappa shape index (κ2) is 7.70. The number of aryl methyl sites for hydroxylation is 1. The van der Waals surface area contributed by atoms with E-state index in [4.69, 9.17) is 10.7 Å². The fourth-order valence-electron chi connectivity index (χ4n) is 5.10. The van der Waals surface area contributed by atoms with E-state index in [0.29, 0.717) is 18.0 Å². The fraction of sp³-hybridized carbons (Fsp3) is 0.385. The number of halogens is 1. The molecule has 7 heteroatoms. The Bertz CT molecular complexity index is 1380. The Morgan fingerprint density at radius 1 is 1.18 bits per heavy atom. The Morgan fingerprint density at radius 2 is 2.03 bits per heavy atom. The number of aromatic nitrogens is 3. The first-order valence-corrected chi connectivity index (χ1v) is 11.8. The number of amides is 1. The maximum Gasteiger partial charge on any atom is 0.254 e. The number of imidazole rings is 1. The molecule has 3 aromatic heterocycles. The number of benzene rings is 1. The number of nitrogens with zero attached hydrogens (tertiary/aromatic N) is 4. The van der Waals surface area contributed by atoms with Gasteiger partial charge in [-0.2, -0.15) is 0 Å². The number of nitrogens with two attached hydrogens (primary N) is 1. The minimum absolute atomic E-state index is 0.00757. The molecule has 4 heterocycles. The van der Waals surface area contributed by atoms with Gasteiger partial charge >= 0.3 is 0 Å². The summed E-state index contributed by atoms with van der Waals surface area (Å²) in [6.07, 6.45) is 6.25. The van der Waals surface area contributed by atoms with Crippen molar-refractivity contribution in [3.8, 4) is 11.4 Å². The summed E-state index contributed by atoms with van der Waals surface area (Å²) in [4.78, 5) is 19.9. The van der Waals surface area contributed by atoms with Crippen molar-refractivity contribution in [3.05, 3.63) is 59.7 Å². The zero-order valence-electron chi connectivity index (χ0n) is 18.8. The molecule has 2 N–H and O–H groups in total. The lowest BCUT2D eigenvalue weighted by Crippen LogP contribution is -2.45. The van der Waals surface area contributed by atoms with Crippen molar-refractivity contribution in [2.75, 3.05) is 13.1 Å². The maximum absolute atomic E-state index is 14.0. The van der Waals surface area contributed by atoms with Crippen LogP contribution in [0.1, 0.15) is 41.7 Å². The van der Waals surface area contributed by atoms with E-state index in [-0.39, 0.29) is 17.8 Å². The first-order chi connectivity index (χ1) is 16.0. The number of rotatable bonds is 4. The minimum atomic E-state index is -0.225. The first kappa shape index (κ1) is 20.4. The molecule has 6 rings (SSSR count). The summed E-state index contributed by atoms with van der Waals surface area (Å²) in [5.74, 6) is 0.421. The second-order valence-corrected chi connectivity index (χ2v) is 9.63. The molecule has 1 amide bonds.